The average molecular weight is 346 g/mol. The number of amides is 1. The van der Waals surface area contributed by atoms with Crippen LogP contribution in [0, 0.1) is 0 Å². The first-order valence-electron chi connectivity index (χ1n) is 7.99. The van der Waals surface area contributed by atoms with Gasteiger partial charge in [0.25, 0.3) is 5.91 Å². The Morgan fingerprint density at radius 3 is 2.50 bits per heavy atom. The summed E-state index contributed by atoms with van der Waals surface area (Å²) in [6.45, 7) is 4.02. The lowest BCUT2D eigenvalue weighted by molar-refractivity contribution is -0.135. The van der Waals surface area contributed by atoms with Crippen molar-refractivity contribution in [2.45, 2.75) is 6.54 Å². The molecule has 0 N–H and O–H groups in total. The van der Waals surface area contributed by atoms with E-state index in [1.165, 1.54) is 0 Å². The number of nitrogens with zero attached hydrogens (tertiary/aromatic N) is 3. The van der Waals surface area contributed by atoms with Crippen molar-refractivity contribution in [2.75, 3.05) is 32.8 Å². The van der Waals surface area contributed by atoms with Gasteiger partial charge in [0.05, 0.1) is 5.69 Å². The number of carbonyl (C=O) groups excluding carboxylic acids is 1. The topological polar surface area (TPSA) is 45.7 Å². The number of carbonyl (C=O) groups is 1. The molecule has 0 spiro atoms. The summed E-state index contributed by atoms with van der Waals surface area (Å²) < 4.78 is 5.53. The van der Waals surface area contributed by atoms with Crippen LogP contribution in [0.25, 0.3) is 0 Å². The second-order valence-corrected chi connectivity index (χ2v) is 6.16. The molecular weight excluding hydrogens is 326 g/mol. The van der Waals surface area contributed by atoms with Gasteiger partial charge in [0.2, 0.25) is 0 Å². The zero-order valence-electron chi connectivity index (χ0n) is 13.4. The lowest BCUT2D eigenvalue weighted by atomic mass is 10.2. The molecule has 2 aromatic rings. The zero-order chi connectivity index (χ0) is 16.8. The number of rotatable bonds is 5. The van der Waals surface area contributed by atoms with Crippen molar-refractivity contribution in [2.24, 2.45) is 0 Å². The number of benzene rings is 1. The quantitative estimate of drug-likeness (QED) is 0.835. The van der Waals surface area contributed by atoms with Crippen LogP contribution in [0.15, 0.2) is 48.7 Å². The minimum Gasteiger partial charge on any atom is -0.484 e. The first-order valence-corrected chi connectivity index (χ1v) is 8.37. The van der Waals surface area contributed by atoms with Crippen LogP contribution in [0.3, 0.4) is 0 Å². The molecule has 2 heterocycles. The highest BCUT2D eigenvalue weighted by molar-refractivity contribution is 6.30. The van der Waals surface area contributed by atoms with E-state index in [4.69, 9.17) is 16.3 Å². The Labute approximate surface area is 146 Å². The Kier molecular flexibility index (Phi) is 5.67. The molecule has 1 saturated heterocycles. The number of halogens is 1. The van der Waals surface area contributed by atoms with Gasteiger partial charge in [0.15, 0.2) is 6.61 Å². The maximum atomic E-state index is 12.2. The van der Waals surface area contributed by atoms with Gasteiger partial charge in [-0.2, -0.15) is 0 Å². The summed E-state index contributed by atoms with van der Waals surface area (Å²) in [7, 11) is 0. The van der Waals surface area contributed by atoms with Gasteiger partial charge in [-0.3, -0.25) is 14.7 Å². The van der Waals surface area contributed by atoms with Crippen LogP contribution in [0.4, 0.5) is 0 Å². The van der Waals surface area contributed by atoms with E-state index in [0.717, 1.165) is 38.4 Å². The largest absolute Gasteiger partial charge is 0.484 e. The maximum Gasteiger partial charge on any atom is 0.260 e. The van der Waals surface area contributed by atoms with Crippen LogP contribution < -0.4 is 4.74 Å². The van der Waals surface area contributed by atoms with Gasteiger partial charge in [-0.15, -0.1) is 0 Å². The second kappa shape index (κ2) is 8.13. The summed E-state index contributed by atoms with van der Waals surface area (Å²) in [5, 5.41) is 0.651. The zero-order valence-corrected chi connectivity index (χ0v) is 14.2. The van der Waals surface area contributed by atoms with E-state index < -0.39 is 0 Å². The number of piperazine rings is 1. The van der Waals surface area contributed by atoms with Crippen molar-refractivity contribution in [3.8, 4) is 5.75 Å². The van der Waals surface area contributed by atoms with E-state index in [9.17, 15) is 4.79 Å². The molecule has 0 unspecified atom stereocenters. The van der Waals surface area contributed by atoms with Crippen LogP contribution in [-0.2, 0) is 11.3 Å². The maximum absolute atomic E-state index is 12.2. The fourth-order valence-electron chi connectivity index (χ4n) is 2.64. The van der Waals surface area contributed by atoms with Crippen molar-refractivity contribution >= 4 is 17.5 Å². The van der Waals surface area contributed by atoms with Gasteiger partial charge in [0.1, 0.15) is 5.75 Å². The van der Waals surface area contributed by atoms with E-state index in [1.807, 2.05) is 29.3 Å². The molecule has 0 aliphatic carbocycles. The average Bonchev–Trinajstić information content (AvgIpc) is 2.62. The number of aromatic nitrogens is 1. The molecule has 0 radical (unpaired) electrons. The molecule has 0 atom stereocenters. The van der Waals surface area contributed by atoms with E-state index in [-0.39, 0.29) is 12.5 Å². The SMILES string of the molecule is O=C(COc1ccc(Cl)cc1)N1CCN(Cc2ccccn2)CC1. The van der Waals surface area contributed by atoms with Crippen LogP contribution in [0.2, 0.25) is 5.02 Å². The molecule has 1 aliphatic rings. The summed E-state index contributed by atoms with van der Waals surface area (Å²) in [5.74, 6) is 0.670. The molecule has 1 amide bonds. The monoisotopic (exact) mass is 345 g/mol. The lowest BCUT2D eigenvalue weighted by Gasteiger charge is -2.34. The Morgan fingerprint density at radius 1 is 1.08 bits per heavy atom. The molecule has 126 valence electrons. The summed E-state index contributed by atoms with van der Waals surface area (Å²) in [5.41, 5.74) is 1.06. The smallest absolute Gasteiger partial charge is 0.260 e. The number of pyridine rings is 1. The van der Waals surface area contributed by atoms with E-state index in [2.05, 4.69) is 9.88 Å². The number of hydrogen-bond acceptors (Lipinski definition) is 4. The first-order chi connectivity index (χ1) is 11.7. The van der Waals surface area contributed by atoms with Crippen molar-refractivity contribution in [1.29, 1.82) is 0 Å². The molecule has 1 aromatic carbocycles. The van der Waals surface area contributed by atoms with Gasteiger partial charge in [0, 0.05) is 43.9 Å². The molecule has 1 fully saturated rings. The van der Waals surface area contributed by atoms with Crippen molar-refractivity contribution in [3.05, 3.63) is 59.4 Å². The Morgan fingerprint density at radius 2 is 1.83 bits per heavy atom. The van der Waals surface area contributed by atoms with E-state index >= 15 is 0 Å². The minimum atomic E-state index is 0.0161. The highest BCUT2D eigenvalue weighted by Crippen LogP contribution is 2.15. The van der Waals surface area contributed by atoms with Gasteiger partial charge >= 0.3 is 0 Å². The molecular formula is C18H20ClN3O2. The van der Waals surface area contributed by atoms with Crippen molar-refractivity contribution in [1.82, 2.24) is 14.8 Å². The summed E-state index contributed by atoms with van der Waals surface area (Å²) in [4.78, 5) is 20.8. The van der Waals surface area contributed by atoms with Crippen molar-refractivity contribution < 1.29 is 9.53 Å². The highest BCUT2D eigenvalue weighted by Gasteiger charge is 2.21. The lowest BCUT2D eigenvalue weighted by Crippen LogP contribution is -2.49. The normalized spacial score (nSPS) is 15.3. The van der Waals surface area contributed by atoms with Gasteiger partial charge in [-0.25, -0.2) is 0 Å². The minimum absolute atomic E-state index is 0.0161. The molecule has 24 heavy (non-hydrogen) atoms. The van der Waals surface area contributed by atoms with Crippen LogP contribution >= 0.6 is 11.6 Å². The molecule has 6 heteroatoms. The van der Waals surface area contributed by atoms with Gasteiger partial charge < -0.3 is 9.64 Å². The van der Waals surface area contributed by atoms with Gasteiger partial charge in [-0.05, 0) is 36.4 Å². The van der Waals surface area contributed by atoms with Crippen molar-refractivity contribution in [3.63, 3.8) is 0 Å². The molecule has 5 nitrogen and oxygen atoms in total. The van der Waals surface area contributed by atoms with Gasteiger partial charge in [-0.1, -0.05) is 17.7 Å². The first kappa shape index (κ1) is 16.7. The molecule has 0 saturated carbocycles. The number of ether oxygens (including phenoxy) is 1. The fourth-order valence-corrected chi connectivity index (χ4v) is 2.77. The molecule has 0 bridgehead atoms. The predicted octanol–water partition coefficient (Wildman–Crippen LogP) is 2.46. The van der Waals surface area contributed by atoms with E-state index in [1.54, 1.807) is 24.3 Å². The second-order valence-electron chi connectivity index (χ2n) is 5.72. The fraction of sp³-hybridized carbons (Fsp3) is 0.333. The Bertz CT molecular complexity index is 656. The molecule has 3 rings (SSSR count). The Hall–Kier alpha value is -2.11. The highest BCUT2D eigenvalue weighted by atomic mass is 35.5. The van der Waals surface area contributed by atoms with Crippen LogP contribution in [-0.4, -0.2) is 53.5 Å². The summed E-state index contributed by atoms with van der Waals surface area (Å²) in [6, 6.07) is 13.0. The van der Waals surface area contributed by atoms with E-state index in [0.29, 0.717) is 10.8 Å². The predicted molar refractivity (Wildman–Crippen MR) is 93.0 cm³/mol. The van der Waals surface area contributed by atoms with Crippen LogP contribution in [0.5, 0.6) is 5.75 Å². The third-order valence-corrected chi connectivity index (χ3v) is 4.26. The number of hydrogen-bond donors (Lipinski definition) is 0. The molecule has 1 aromatic heterocycles. The summed E-state index contributed by atoms with van der Waals surface area (Å²) >= 11 is 5.83. The third-order valence-electron chi connectivity index (χ3n) is 4.01. The third kappa shape index (κ3) is 4.69. The standard InChI is InChI=1S/C18H20ClN3O2/c19-15-4-6-17(7-5-15)24-14-18(23)22-11-9-21(10-12-22)13-16-3-1-2-8-20-16/h1-8H,9-14H2. The Balaban J connectivity index is 1.42. The molecule has 1 aliphatic heterocycles. The van der Waals surface area contributed by atoms with Crippen LogP contribution in [0.1, 0.15) is 5.69 Å². The summed E-state index contributed by atoms with van der Waals surface area (Å²) in [6.07, 6.45) is 1.81.